The van der Waals surface area contributed by atoms with Gasteiger partial charge in [0, 0.05) is 6.54 Å². The van der Waals surface area contributed by atoms with Crippen molar-refractivity contribution in [2.75, 3.05) is 13.2 Å². The maximum absolute atomic E-state index is 11.7. The van der Waals surface area contributed by atoms with E-state index >= 15 is 0 Å². The molecular weight excluding hydrogens is 232 g/mol. The van der Waals surface area contributed by atoms with Crippen LogP contribution in [0.15, 0.2) is 11.0 Å². The zero-order valence-corrected chi connectivity index (χ0v) is 9.74. The van der Waals surface area contributed by atoms with Gasteiger partial charge < -0.3 is 9.47 Å². The maximum Gasteiger partial charge on any atom is 0.289 e. The smallest absolute Gasteiger partial charge is 0.289 e. The Bertz CT molecular complexity index is 429. The molecule has 5 nitrogen and oxygen atoms in total. The molecule has 16 heavy (non-hydrogen) atoms. The van der Waals surface area contributed by atoms with Crippen molar-refractivity contribution >= 4 is 11.6 Å². The molecule has 6 heteroatoms. The van der Waals surface area contributed by atoms with Crippen LogP contribution in [-0.4, -0.2) is 29.1 Å². The lowest BCUT2D eigenvalue weighted by atomic mass is 10.4. The van der Waals surface area contributed by atoms with Crippen molar-refractivity contribution in [1.29, 1.82) is 0 Å². The van der Waals surface area contributed by atoms with Crippen LogP contribution in [0.1, 0.15) is 13.3 Å². The molecule has 1 aromatic heterocycles. The molecule has 1 aliphatic rings. The molecule has 88 valence electrons. The highest BCUT2D eigenvalue weighted by Gasteiger charge is 2.24. The van der Waals surface area contributed by atoms with E-state index in [0.717, 1.165) is 6.42 Å². The molecule has 0 amide bonds. The number of ether oxygens (including phenoxy) is 2. The fourth-order valence-corrected chi connectivity index (χ4v) is 1.47. The monoisotopic (exact) mass is 244 g/mol. The Morgan fingerprint density at radius 2 is 2.50 bits per heavy atom. The Morgan fingerprint density at radius 3 is 3.12 bits per heavy atom. The summed E-state index contributed by atoms with van der Waals surface area (Å²) in [7, 11) is 0. The van der Waals surface area contributed by atoms with Crippen LogP contribution in [0.3, 0.4) is 0 Å². The van der Waals surface area contributed by atoms with E-state index in [1.54, 1.807) is 0 Å². The number of epoxide rings is 1. The van der Waals surface area contributed by atoms with Crippen molar-refractivity contribution in [3.8, 4) is 5.75 Å². The molecule has 0 aromatic carbocycles. The van der Waals surface area contributed by atoms with Crippen LogP contribution in [0.5, 0.6) is 5.75 Å². The lowest BCUT2D eigenvalue weighted by Gasteiger charge is -2.07. The van der Waals surface area contributed by atoms with Crippen LogP contribution in [0.25, 0.3) is 0 Å². The summed E-state index contributed by atoms with van der Waals surface area (Å²) in [6.45, 7) is 3.65. The van der Waals surface area contributed by atoms with Crippen LogP contribution in [0, 0.1) is 0 Å². The van der Waals surface area contributed by atoms with Gasteiger partial charge >= 0.3 is 0 Å². The average Bonchev–Trinajstić information content (AvgIpc) is 3.08. The molecule has 0 saturated carbocycles. The molecule has 0 bridgehead atoms. The second-order valence-corrected chi connectivity index (χ2v) is 4.00. The number of hydrogen-bond donors (Lipinski definition) is 0. The zero-order valence-electron chi connectivity index (χ0n) is 8.98. The van der Waals surface area contributed by atoms with Gasteiger partial charge in [0.2, 0.25) is 0 Å². The Hall–Kier alpha value is -1.07. The van der Waals surface area contributed by atoms with Gasteiger partial charge in [0.15, 0.2) is 10.8 Å². The summed E-state index contributed by atoms with van der Waals surface area (Å²) in [5, 5.41) is 4.07. The van der Waals surface area contributed by atoms with Crippen LogP contribution >= 0.6 is 11.6 Å². The molecule has 1 fully saturated rings. The number of aryl methyl sites for hydroxylation is 1. The normalized spacial score (nSPS) is 18.5. The van der Waals surface area contributed by atoms with Crippen LogP contribution < -0.4 is 10.3 Å². The first-order valence-corrected chi connectivity index (χ1v) is 5.60. The molecule has 0 N–H and O–H groups in total. The lowest BCUT2D eigenvalue weighted by Crippen LogP contribution is -2.23. The quantitative estimate of drug-likeness (QED) is 0.728. The zero-order chi connectivity index (χ0) is 11.5. The third kappa shape index (κ3) is 2.54. The Kier molecular flexibility index (Phi) is 3.46. The molecule has 1 aliphatic heterocycles. The van der Waals surface area contributed by atoms with E-state index in [1.165, 1.54) is 10.9 Å². The molecule has 1 aromatic rings. The highest BCUT2D eigenvalue weighted by molar-refractivity contribution is 6.31. The van der Waals surface area contributed by atoms with E-state index in [0.29, 0.717) is 25.5 Å². The number of hydrogen-bond acceptors (Lipinski definition) is 4. The van der Waals surface area contributed by atoms with Gasteiger partial charge in [-0.2, -0.15) is 5.10 Å². The molecule has 2 rings (SSSR count). The first-order valence-electron chi connectivity index (χ1n) is 5.22. The first kappa shape index (κ1) is 11.4. The van der Waals surface area contributed by atoms with Crippen LogP contribution in [-0.2, 0) is 11.3 Å². The lowest BCUT2D eigenvalue weighted by molar-refractivity contribution is 0.261. The van der Waals surface area contributed by atoms with Gasteiger partial charge in [-0.25, -0.2) is 4.68 Å². The van der Waals surface area contributed by atoms with Gasteiger partial charge in [-0.3, -0.25) is 4.79 Å². The summed E-state index contributed by atoms with van der Waals surface area (Å²) in [6, 6.07) is 0. The van der Waals surface area contributed by atoms with Crippen molar-refractivity contribution in [2.45, 2.75) is 26.0 Å². The predicted octanol–water partition coefficient (Wildman–Crippen LogP) is 1.08. The molecule has 1 saturated heterocycles. The Balaban J connectivity index is 2.13. The molecule has 0 radical (unpaired) electrons. The van der Waals surface area contributed by atoms with Gasteiger partial charge in [0.1, 0.15) is 12.7 Å². The summed E-state index contributed by atoms with van der Waals surface area (Å²) in [5.74, 6) is 0.328. The predicted molar refractivity (Wildman–Crippen MR) is 59.0 cm³/mol. The van der Waals surface area contributed by atoms with Gasteiger partial charge in [0.05, 0.1) is 12.8 Å². The minimum absolute atomic E-state index is 0.0871. The van der Waals surface area contributed by atoms with E-state index in [-0.39, 0.29) is 16.7 Å². The molecular formula is C10H13ClN2O3. The van der Waals surface area contributed by atoms with Crippen LogP contribution in [0.2, 0.25) is 5.02 Å². The fraction of sp³-hybridized carbons (Fsp3) is 0.600. The molecule has 1 unspecified atom stereocenters. The average molecular weight is 245 g/mol. The largest absolute Gasteiger partial charge is 0.487 e. The number of rotatable bonds is 5. The third-order valence-electron chi connectivity index (χ3n) is 2.22. The van der Waals surface area contributed by atoms with E-state index in [9.17, 15) is 4.79 Å². The van der Waals surface area contributed by atoms with Crippen molar-refractivity contribution in [3.05, 3.63) is 21.6 Å². The fourth-order valence-electron chi connectivity index (χ4n) is 1.27. The second-order valence-electron chi connectivity index (χ2n) is 3.62. The number of aromatic nitrogens is 2. The highest BCUT2D eigenvalue weighted by Crippen LogP contribution is 2.20. The van der Waals surface area contributed by atoms with Crippen molar-refractivity contribution in [1.82, 2.24) is 9.78 Å². The van der Waals surface area contributed by atoms with Crippen molar-refractivity contribution < 1.29 is 9.47 Å². The van der Waals surface area contributed by atoms with Gasteiger partial charge in [0.25, 0.3) is 5.56 Å². The van der Waals surface area contributed by atoms with E-state index in [1.807, 2.05) is 6.92 Å². The van der Waals surface area contributed by atoms with Crippen molar-refractivity contribution in [2.24, 2.45) is 0 Å². The Morgan fingerprint density at radius 1 is 1.75 bits per heavy atom. The van der Waals surface area contributed by atoms with Gasteiger partial charge in [-0.15, -0.1) is 0 Å². The highest BCUT2D eigenvalue weighted by atomic mass is 35.5. The van der Waals surface area contributed by atoms with E-state index in [4.69, 9.17) is 21.1 Å². The van der Waals surface area contributed by atoms with Gasteiger partial charge in [-0.1, -0.05) is 18.5 Å². The summed E-state index contributed by atoms with van der Waals surface area (Å²) in [5.41, 5.74) is -0.308. The third-order valence-corrected chi connectivity index (χ3v) is 2.56. The molecule has 0 spiro atoms. The summed E-state index contributed by atoms with van der Waals surface area (Å²) in [4.78, 5) is 11.7. The molecule has 0 aliphatic carbocycles. The minimum atomic E-state index is -0.308. The maximum atomic E-state index is 11.7. The topological polar surface area (TPSA) is 56.6 Å². The molecule has 1 atom stereocenters. The van der Waals surface area contributed by atoms with Crippen molar-refractivity contribution in [3.63, 3.8) is 0 Å². The van der Waals surface area contributed by atoms with E-state index in [2.05, 4.69) is 5.10 Å². The number of halogens is 1. The Labute approximate surface area is 97.9 Å². The summed E-state index contributed by atoms with van der Waals surface area (Å²) < 4.78 is 11.7. The minimum Gasteiger partial charge on any atom is -0.487 e. The number of nitrogens with zero attached hydrogens (tertiary/aromatic N) is 2. The molecule has 2 heterocycles. The summed E-state index contributed by atoms with van der Waals surface area (Å²) >= 11 is 5.90. The van der Waals surface area contributed by atoms with E-state index < -0.39 is 0 Å². The summed E-state index contributed by atoms with van der Waals surface area (Å²) in [6.07, 6.45) is 2.44. The van der Waals surface area contributed by atoms with Gasteiger partial charge in [-0.05, 0) is 6.42 Å². The first-order chi connectivity index (χ1) is 7.72. The SMILES string of the molecule is CCCn1ncc(OCC2CO2)c(Cl)c1=O. The van der Waals surface area contributed by atoms with Crippen LogP contribution in [0.4, 0.5) is 0 Å². The second kappa shape index (κ2) is 4.84. The standard InChI is InChI=1S/C10H13ClN2O3/c1-2-3-13-10(14)9(11)8(4-12-13)16-6-7-5-15-7/h4,7H,2-3,5-6H2,1H3.